The van der Waals surface area contributed by atoms with Crippen molar-refractivity contribution in [2.75, 3.05) is 37.8 Å². The van der Waals surface area contributed by atoms with Crippen molar-refractivity contribution in [1.82, 2.24) is 4.98 Å². The van der Waals surface area contributed by atoms with Crippen LogP contribution in [0.2, 0.25) is 0 Å². The van der Waals surface area contributed by atoms with Crippen LogP contribution in [0.1, 0.15) is 15.9 Å². The Morgan fingerprint density at radius 3 is 2.61 bits per heavy atom. The molecule has 5 nitrogen and oxygen atoms in total. The highest BCUT2D eigenvalue weighted by molar-refractivity contribution is 5.98. The minimum absolute atomic E-state index is 0.264. The van der Waals surface area contributed by atoms with E-state index in [0.717, 1.165) is 42.1 Å². The predicted octanol–water partition coefficient (Wildman–Crippen LogP) is 2.30. The first-order chi connectivity index (χ1) is 11.3. The summed E-state index contributed by atoms with van der Waals surface area (Å²) in [6.45, 7) is 3.23. The van der Waals surface area contributed by atoms with Crippen LogP contribution in [-0.2, 0) is 15.9 Å². The van der Waals surface area contributed by atoms with Crippen molar-refractivity contribution in [3.05, 3.63) is 47.5 Å². The highest BCUT2D eigenvalue weighted by Crippen LogP contribution is 2.31. The lowest BCUT2D eigenvalue weighted by Crippen LogP contribution is -2.38. The van der Waals surface area contributed by atoms with Crippen molar-refractivity contribution < 1.29 is 14.3 Å². The Hall–Kier alpha value is -2.40. The lowest BCUT2D eigenvalue weighted by atomic mass is 10.00. The largest absolute Gasteiger partial charge is 0.462 e. The zero-order valence-corrected chi connectivity index (χ0v) is 12.8. The first-order valence-electron chi connectivity index (χ1n) is 7.92. The summed E-state index contributed by atoms with van der Waals surface area (Å²) in [6, 6.07) is 12.1. The average molecular weight is 310 g/mol. The number of esters is 1. The summed E-state index contributed by atoms with van der Waals surface area (Å²) in [5.41, 5.74) is 3.61. The van der Waals surface area contributed by atoms with E-state index in [1.54, 1.807) is 0 Å². The van der Waals surface area contributed by atoms with Crippen LogP contribution in [-0.4, -0.2) is 43.9 Å². The first kappa shape index (κ1) is 14.2. The summed E-state index contributed by atoms with van der Waals surface area (Å²) in [4.78, 5) is 19.2. The number of carbonyl (C=O) groups excluding carboxylic acids is 1. The molecule has 0 radical (unpaired) electrons. The Kier molecular flexibility index (Phi) is 3.71. The maximum Gasteiger partial charge on any atom is 0.342 e. The number of nitrogens with zero attached hydrogens (tertiary/aromatic N) is 2. The lowest BCUT2D eigenvalue weighted by molar-refractivity contribution is 0.0479. The van der Waals surface area contributed by atoms with Crippen LogP contribution in [0.15, 0.2) is 36.4 Å². The Morgan fingerprint density at radius 2 is 1.83 bits per heavy atom. The number of aromatic nitrogens is 1. The smallest absolute Gasteiger partial charge is 0.342 e. The van der Waals surface area contributed by atoms with Crippen molar-refractivity contribution in [3.8, 4) is 11.3 Å². The van der Waals surface area contributed by atoms with Crippen LogP contribution >= 0.6 is 0 Å². The fraction of sp³-hybridized carbons (Fsp3) is 0.333. The van der Waals surface area contributed by atoms with E-state index in [1.165, 1.54) is 0 Å². The molecule has 2 aromatic rings. The van der Waals surface area contributed by atoms with Crippen LogP contribution in [0, 0.1) is 0 Å². The Labute approximate surface area is 134 Å². The summed E-state index contributed by atoms with van der Waals surface area (Å²) in [7, 11) is 0. The van der Waals surface area contributed by atoms with Gasteiger partial charge in [0.2, 0.25) is 0 Å². The molecule has 0 amide bonds. The van der Waals surface area contributed by atoms with Crippen molar-refractivity contribution in [2.24, 2.45) is 0 Å². The highest BCUT2D eigenvalue weighted by Gasteiger charge is 2.28. The zero-order valence-electron chi connectivity index (χ0n) is 12.8. The Bertz CT molecular complexity index is 725. The SMILES string of the molecule is O=C1OCCc2cc(-c3ccccc3)nc(N3CCOCC3)c21. The zero-order chi connectivity index (χ0) is 15.6. The molecular weight excluding hydrogens is 292 g/mol. The molecule has 0 unspecified atom stereocenters. The summed E-state index contributed by atoms with van der Waals surface area (Å²) in [5, 5.41) is 0. The number of hydrogen-bond donors (Lipinski definition) is 0. The van der Waals surface area contributed by atoms with Gasteiger partial charge in [-0.15, -0.1) is 0 Å². The fourth-order valence-electron chi connectivity index (χ4n) is 3.09. The van der Waals surface area contributed by atoms with Crippen molar-refractivity contribution in [2.45, 2.75) is 6.42 Å². The van der Waals surface area contributed by atoms with E-state index in [0.29, 0.717) is 25.4 Å². The fourth-order valence-corrected chi connectivity index (χ4v) is 3.09. The minimum atomic E-state index is -0.264. The van der Waals surface area contributed by atoms with Gasteiger partial charge in [0.05, 0.1) is 25.5 Å². The van der Waals surface area contributed by atoms with Crippen LogP contribution < -0.4 is 4.90 Å². The molecule has 1 fully saturated rings. The summed E-state index contributed by atoms with van der Waals surface area (Å²) < 4.78 is 10.7. The molecule has 2 aliphatic heterocycles. The van der Waals surface area contributed by atoms with Crippen molar-refractivity contribution in [3.63, 3.8) is 0 Å². The number of hydrogen-bond acceptors (Lipinski definition) is 5. The second-order valence-electron chi connectivity index (χ2n) is 5.72. The second-order valence-corrected chi connectivity index (χ2v) is 5.72. The number of rotatable bonds is 2. The van der Waals surface area contributed by atoms with Gasteiger partial charge in [-0.2, -0.15) is 0 Å². The van der Waals surface area contributed by atoms with Crippen LogP contribution in [0.25, 0.3) is 11.3 Å². The van der Waals surface area contributed by atoms with Gasteiger partial charge in [-0.1, -0.05) is 30.3 Å². The van der Waals surface area contributed by atoms with Crippen molar-refractivity contribution >= 4 is 11.8 Å². The van der Waals surface area contributed by atoms with Crippen LogP contribution in [0.4, 0.5) is 5.82 Å². The third-order valence-corrected chi connectivity index (χ3v) is 4.27. The van der Waals surface area contributed by atoms with Crippen LogP contribution in [0.3, 0.4) is 0 Å². The van der Waals surface area contributed by atoms with E-state index in [4.69, 9.17) is 14.5 Å². The molecule has 0 saturated carbocycles. The number of morpholine rings is 1. The summed E-state index contributed by atoms with van der Waals surface area (Å²) >= 11 is 0. The molecule has 3 heterocycles. The summed E-state index contributed by atoms with van der Waals surface area (Å²) in [6.07, 6.45) is 0.737. The number of ether oxygens (including phenoxy) is 2. The first-order valence-corrected chi connectivity index (χ1v) is 7.92. The monoisotopic (exact) mass is 310 g/mol. The van der Waals surface area contributed by atoms with Gasteiger partial charge in [-0.3, -0.25) is 0 Å². The standard InChI is InChI=1S/C18H18N2O3/c21-18-16-14(6-9-23-18)12-15(13-4-2-1-3-5-13)19-17(16)20-7-10-22-11-8-20/h1-5,12H,6-11H2. The lowest BCUT2D eigenvalue weighted by Gasteiger charge is -2.31. The summed E-state index contributed by atoms with van der Waals surface area (Å²) in [5.74, 6) is 0.467. The van der Waals surface area contributed by atoms with Gasteiger partial charge in [0.1, 0.15) is 11.4 Å². The molecule has 0 N–H and O–H groups in total. The van der Waals surface area contributed by atoms with Gasteiger partial charge in [-0.05, 0) is 11.6 Å². The maximum absolute atomic E-state index is 12.3. The topological polar surface area (TPSA) is 51.7 Å². The number of fused-ring (bicyclic) bond motifs is 1. The van der Waals surface area contributed by atoms with Crippen molar-refractivity contribution in [1.29, 1.82) is 0 Å². The molecule has 0 aliphatic carbocycles. The molecule has 0 atom stereocenters. The van der Waals surface area contributed by atoms with E-state index >= 15 is 0 Å². The van der Waals surface area contributed by atoms with Gasteiger partial charge in [0.25, 0.3) is 0 Å². The van der Waals surface area contributed by atoms with E-state index in [1.807, 2.05) is 36.4 Å². The third-order valence-electron chi connectivity index (χ3n) is 4.27. The number of pyridine rings is 1. The molecule has 1 aromatic heterocycles. The number of benzene rings is 1. The molecule has 1 aromatic carbocycles. The molecule has 118 valence electrons. The number of carbonyl (C=O) groups is 1. The molecular formula is C18H18N2O3. The van der Waals surface area contributed by atoms with E-state index in [9.17, 15) is 4.79 Å². The van der Waals surface area contributed by atoms with E-state index in [2.05, 4.69) is 4.90 Å². The quantitative estimate of drug-likeness (QED) is 0.797. The van der Waals surface area contributed by atoms with Gasteiger partial charge in [0.15, 0.2) is 0 Å². The van der Waals surface area contributed by atoms with Gasteiger partial charge >= 0.3 is 5.97 Å². The third kappa shape index (κ3) is 2.68. The minimum Gasteiger partial charge on any atom is -0.462 e. The molecule has 4 rings (SSSR count). The number of anilines is 1. The Balaban J connectivity index is 1.85. The van der Waals surface area contributed by atoms with Gasteiger partial charge in [0, 0.05) is 25.1 Å². The molecule has 23 heavy (non-hydrogen) atoms. The molecule has 0 spiro atoms. The normalized spacial score (nSPS) is 17.6. The predicted molar refractivity (Wildman–Crippen MR) is 86.7 cm³/mol. The highest BCUT2D eigenvalue weighted by atomic mass is 16.5. The van der Waals surface area contributed by atoms with E-state index < -0.39 is 0 Å². The molecule has 5 heteroatoms. The van der Waals surface area contributed by atoms with Gasteiger partial charge < -0.3 is 14.4 Å². The van der Waals surface area contributed by atoms with Gasteiger partial charge in [-0.25, -0.2) is 9.78 Å². The average Bonchev–Trinajstić information content (AvgIpc) is 2.62. The van der Waals surface area contributed by atoms with Crippen LogP contribution in [0.5, 0.6) is 0 Å². The van der Waals surface area contributed by atoms with E-state index in [-0.39, 0.29) is 5.97 Å². The molecule has 0 bridgehead atoms. The number of cyclic esters (lactones) is 1. The Morgan fingerprint density at radius 1 is 1.04 bits per heavy atom. The molecule has 1 saturated heterocycles. The maximum atomic E-state index is 12.3. The molecule has 2 aliphatic rings. The second kappa shape index (κ2) is 6.01.